The molecule has 6 heteroatoms. The van der Waals surface area contributed by atoms with Gasteiger partial charge in [-0.15, -0.1) is 0 Å². The van der Waals surface area contributed by atoms with Crippen LogP contribution in [0.1, 0.15) is 0 Å². The van der Waals surface area contributed by atoms with Crippen molar-refractivity contribution in [3.63, 3.8) is 0 Å². The Morgan fingerprint density at radius 2 is 0.519 bits per heavy atom. The molecule has 0 bridgehead atoms. The molecule has 4 heterocycles. The Bertz CT molecular complexity index is 2640. The summed E-state index contributed by atoms with van der Waals surface area (Å²) in [7, 11) is 0. The van der Waals surface area contributed by atoms with Crippen molar-refractivity contribution in [2.45, 2.75) is 0 Å². The maximum atomic E-state index is 4.96. The van der Waals surface area contributed by atoms with Crippen molar-refractivity contribution >= 4 is 32.3 Å². The fraction of sp³-hybridized carbons (Fsp3) is 0. The molecule has 0 saturated heterocycles. The summed E-state index contributed by atoms with van der Waals surface area (Å²) in [4.78, 5) is 29.4. The summed E-state index contributed by atoms with van der Waals surface area (Å²) >= 11 is 0. The fourth-order valence-corrected chi connectivity index (χ4v) is 6.90. The molecule has 0 radical (unpaired) electrons. The van der Waals surface area contributed by atoms with Crippen LogP contribution in [-0.4, -0.2) is 29.9 Å². The summed E-state index contributed by atoms with van der Waals surface area (Å²) in [5, 5.41) is 7.11. The Hall–Kier alpha value is -7.44. The van der Waals surface area contributed by atoms with Crippen molar-refractivity contribution in [2.75, 3.05) is 0 Å². The maximum absolute atomic E-state index is 4.96. The molecule has 0 saturated carbocycles. The molecular weight excluding hydrogens is 661 g/mol. The highest BCUT2D eigenvalue weighted by Gasteiger charge is 2.15. The Labute approximate surface area is 311 Å². The zero-order valence-corrected chi connectivity index (χ0v) is 29.0. The van der Waals surface area contributed by atoms with Crippen molar-refractivity contribution in [3.8, 4) is 67.9 Å². The second kappa shape index (κ2) is 13.3. The first-order chi connectivity index (χ1) is 26.7. The highest BCUT2D eigenvalue weighted by atomic mass is 15.0. The van der Waals surface area contributed by atoms with Gasteiger partial charge in [0.1, 0.15) is 0 Å². The third-order valence-electron chi connectivity index (χ3n) is 9.84. The summed E-state index contributed by atoms with van der Waals surface area (Å²) < 4.78 is 0. The van der Waals surface area contributed by atoms with Gasteiger partial charge in [-0.3, -0.25) is 15.0 Å². The summed E-state index contributed by atoms with van der Waals surface area (Å²) in [6.07, 6.45) is 5.49. The predicted molar refractivity (Wildman–Crippen MR) is 218 cm³/mol. The van der Waals surface area contributed by atoms with E-state index in [0.29, 0.717) is 17.5 Å². The topological polar surface area (TPSA) is 77.3 Å². The highest BCUT2D eigenvalue weighted by Crippen LogP contribution is 2.30. The molecule has 0 spiro atoms. The lowest BCUT2D eigenvalue weighted by Crippen LogP contribution is -2.01. The van der Waals surface area contributed by atoms with Crippen LogP contribution < -0.4 is 0 Å². The van der Waals surface area contributed by atoms with Crippen LogP contribution in [0.15, 0.2) is 182 Å². The first kappa shape index (κ1) is 31.3. The Balaban J connectivity index is 1.02. The van der Waals surface area contributed by atoms with E-state index in [9.17, 15) is 0 Å². The first-order valence-corrected chi connectivity index (χ1v) is 17.8. The molecular formula is C48H30N6. The van der Waals surface area contributed by atoms with Crippen LogP contribution in [0.25, 0.3) is 100 Å². The van der Waals surface area contributed by atoms with E-state index in [1.54, 1.807) is 0 Å². The molecule has 0 fully saturated rings. The van der Waals surface area contributed by atoms with Gasteiger partial charge >= 0.3 is 0 Å². The van der Waals surface area contributed by atoms with Crippen LogP contribution in [-0.2, 0) is 0 Å². The van der Waals surface area contributed by atoms with Gasteiger partial charge in [0.2, 0.25) is 0 Å². The number of nitrogens with zero attached hydrogens (tertiary/aromatic N) is 6. The third-order valence-corrected chi connectivity index (χ3v) is 9.84. The van der Waals surface area contributed by atoms with E-state index in [2.05, 4.69) is 127 Å². The van der Waals surface area contributed by atoms with E-state index in [-0.39, 0.29) is 0 Å². The van der Waals surface area contributed by atoms with Crippen LogP contribution >= 0.6 is 0 Å². The minimum absolute atomic E-state index is 0.518. The molecule has 0 aliphatic heterocycles. The van der Waals surface area contributed by atoms with Crippen LogP contribution in [0.3, 0.4) is 0 Å². The third kappa shape index (κ3) is 6.02. The molecule has 10 aromatic rings. The van der Waals surface area contributed by atoms with E-state index in [4.69, 9.17) is 29.9 Å². The van der Waals surface area contributed by atoms with Gasteiger partial charge in [-0.05, 0) is 86.9 Å². The summed E-state index contributed by atoms with van der Waals surface area (Å²) in [6, 6.07) is 56.3. The molecule has 4 aromatic heterocycles. The first-order valence-electron chi connectivity index (χ1n) is 17.8. The zero-order chi connectivity index (χ0) is 35.8. The van der Waals surface area contributed by atoms with E-state index >= 15 is 0 Å². The van der Waals surface area contributed by atoms with Gasteiger partial charge in [0.05, 0.1) is 17.1 Å². The number of aromatic nitrogens is 6. The largest absolute Gasteiger partial charge is 0.255 e. The van der Waals surface area contributed by atoms with Gasteiger partial charge in [-0.1, -0.05) is 109 Å². The van der Waals surface area contributed by atoms with Gasteiger partial charge in [0.25, 0.3) is 0 Å². The molecule has 0 unspecified atom stereocenters. The summed E-state index contributed by atoms with van der Waals surface area (Å²) in [6.45, 7) is 0. The Morgan fingerprint density at radius 1 is 0.241 bits per heavy atom. The van der Waals surface area contributed by atoms with Crippen molar-refractivity contribution in [3.05, 3.63) is 182 Å². The monoisotopic (exact) mass is 690 g/mol. The SMILES string of the molecule is c1ccc2cc(-c3ccc(-c4nc(-c5ccc(-c6ccc7ccccc7c6)nc5)nc(-c5ccc(-c6ccc7ccccc7c6)nc5)n4)cn3)ccc2c1. The number of hydrogen-bond acceptors (Lipinski definition) is 6. The number of benzene rings is 6. The van der Waals surface area contributed by atoms with Gasteiger partial charge in [0, 0.05) is 52.0 Å². The van der Waals surface area contributed by atoms with Crippen molar-refractivity contribution in [1.82, 2.24) is 29.9 Å². The molecule has 0 N–H and O–H groups in total. The van der Waals surface area contributed by atoms with E-state index in [1.165, 1.54) is 32.3 Å². The van der Waals surface area contributed by atoms with Gasteiger partial charge in [-0.2, -0.15) is 0 Å². The highest BCUT2D eigenvalue weighted by molar-refractivity contribution is 5.89. The Morgan fingerprint density at radius 3 is 0.796 bits per heavy atom. The molecule has 252 valence electrons. The maximum Gasteiger partial charge on any atom is 0.165 e. The lowest BCUT2D eigenvalue weighted by Gasteiger charge is -2.10. The lowest BCUT2D eigenvalue weighted by atomic mass is 10.0. The molecule has 0 atom stereocenters. The second-order valence-corrected chi connectivity index (χ2v) is 13.3. The smallest absolute Gasteiger partial charge is 0.165 e. The van der Waals surface area contributed by atoms with E-state index in [1.807, 2.05) is 55.0 Å². The van der Waals surface area contributed by atoms with E-state index in [0.717, 1.165) is 50.5 Å². The number of hydrogen-bond donors (Lipinski definition) is 0. The fourth-order valence-electron chi connectivity index (χ4n) is 6.90. The van der Waals surface area contributed by atoms with E-state index < -0.39 is 0 Å². The van der Waals surface area contributed by atoms with Crippen LogP contribution in [0, 0.1) is 0 Å². The second-order valence-electron chi connectivity index (χ2n) is 13.3. The van der Waals surface area contributed by atoms with Crippen LogP contribution in [0.5, 0.6) is 0 Å². The molecule has 0 aliphatic rings. The minimum Gasteiger partial charge on any atom is -0.255 e. The minimum atomic E-state index is 0.518. The summed E-state index contributed by atoms with van der Waals surface area (Å²) in [5.74, 6) is 1.55. The quantitative estimate of drug-likeness (QED) is 0.173. The standard InChI is InChI=1S/C48H30N6/c1-4-10-34-25-37(16-13-31(34)7-1)43-22-19-40(28-49-43)46-52-47(41-20-23-44(50-29-41)38-17-14-32-8-2-5-11-35(32)26-38)54-48(53-46)42-21-24-45(51-30-42)39-18-15-33-9-3-6-12-36(33)27-39/h1-30H. The molecule has 6 aromatic carbocycles. The zero-order valence-electron chi connectivity index (χ0n) is 29.0. The normalized spacial score (nSPS) is 11.3. The molecule has 6 nitrogen and oxygen atoms in total. The van der Waals surface area contributed by atoms with Gasteiger partial charge in [-0.25, -0.2) is 15.0 Å². The van der Waals surface area contributed by atoms with Crippen molar-refractivity contribution in [2.24, 2.45) is 0 Å². The molecule has 0 amide bonds. The number of rotatable bonds is 6. The summed E-state index contributed by atoms with van der Waals surface area (Å²) in [5.41, 5.74) is 8.12. The van der Waals surface area contributed by atoms with Crippen LogP contribution in [0.2, 0.25) is 0 Å². The number of pyridine rings is 3. The van der Waals surface area contributed by atoms with Crippen molar-refractivity contribution < 1.29 is 0 Å². The van der Waals surface area contributed by atoms with Gasteiger partial charge in [0.15, 0.2) is 17.5 Å². The van der Waals surface area contributed by atoms with Crippen LogP contribution in [0.4, 0.5) is 0 Å². The average Bonchev–Trinajstić information content (AvgIpc) is 3.26. The lowest BCUT2D eigenvalue weighted by molar-refractivity contribution is 1.06. The predicted octanol–water partition coefficient (Wildman–Crippen LogP) is 11.5. The number of fused-ring (bicyclic) bond motifs is 3. The van der Waals surface area contributed by atoms with Crippen molar-refractivity contribution in [1.29, 1.82) is 0 Å². The molecule has 10 rings (SSSR count). The molecule has 0 aliphatic carbocycles. The van der Waals surface area contributed by atoms with Gasteiger partial charge < -0.3 is 0 Å². The Kier molecular flexibility index (Phi) is 7.69. The molecule has 54 heavy (non-hydrogen) atoms. The average molecular weight is 691 g/mol.